The average Bonchev–Trinajstić information content (AvgIpc) is 2.83. The van der Waals surface area contributed by atoms with Gasteiger partial charge in [-0.1, -0.05) is 6.92 Å². The maximum atomic E-state index is 13.6. The molecule has 0 bridgehead atoms. The Morgan fingerprint density at radius 3 is 2.77 bits per heavy atom. The molecule has 118 valence electrons. The minimum absolute atomic E-state index is 0.232. The van der Waals surface area contributed by atoms with Gasteiger partial charge in [-0.15, -0.1) is 0 Å². The number of amides is 1. The van der Waals surface area contributed by atoms with Gasteiger partial charge in [0.15, 0.2) is 0 Å². The van der Waals surface area contributed by atoms with Crippen molar-refractivity contribution in [2.45, 2.75) is 45.6 Å². The van der Waals surface area contributed by atoms with Crippen LogP contribution in [-0.2, 0) is 4.79 Å². The largest absolute Gasteiger partial charge is 0.343 e. The van der Waals surface area contributed by atoms with Crippen molar-refractivity contribution < 1.29 is 9.18 Å². The minimum atomic E-state index is -0.232. The van der Waals surface area contributed by atoms with E-state index in [0.717, 1.165) is 49.2 Å². The molecule has 5 heteroatoms. The van der Waals surface area contributed by atoms with E-state index in [1.165, 1.54) is 6.07 Å². The third-order valence-electron chi connectivity index (χ3n) is 4.47. The number of likely N-dealkylation sites (tertiary alicyclic amines) is 1. The van der Waals surface area contributed by atoms with E-state index in [1.54, 1.807) is 12.1 Å². The molecule has 2 aromatic rings. The number of benzene rings is 1. The third kappa shape index (κ3) is 2.72. The molecule has 1 amide bonds. The second kappa shape index (κ2) is 6.07. The Morgan fingerprint density at radius 2 is 2.09 bits per heavy atom. The standard InChI is InChI=1S/C17H22FN3O/c1-3-4-17(22)20-9-7-14(8-10-20)21-12(2)19-15-6-5-13(18)11-16(15)21/h5-6,11,14H,3-4,7-10H2,1-2H3. The maximum absolute atomic E-state index is 13.6. The summed E-state index contributed by atoms with van der Waals surface area (Å²) < 4.78 is 15.7. The number of halogens is 1. The second-order valence-electron chi connectivity index (χ2n) is 6.02. The predicted molar refractivity (Wildman–Crippen MR) is 84.2 cm³/mol. The maximum Gasteiger partial charge on any atom is 0.222 e. The topological polar surface area (TPSA) is 38.1 Å². The van der Waals surface area contributed by atoms with Gasteiger partial charge in [0.1, 0.15) is 11.6 Å². The number of nitrogens with zero attached hydrogens (tertiary/aromatic N) is 3. The van der Waals surface area contributed by atoms with E-state index in [-0.39, 0.29) is 17.8 Å². The lowest BCUT2D eigenvalue weighted by Crippen LogP contribution is -2.39. The molecule has 1 fully saturated rings. The molecule has 1 aliphatic rings. The van der Waals surface area contributed by atoms with E-state index >= 15 is 0 Å². The van der Waals surface area contributed by atoms with Crippen LogP contribution in [0.25, 0.3) is 11.0 Å². The second-order valence-corrected chi connectivity index (χ2v) is 6.02. The first kappa shape index (κ1) is 15.0. The molecule has 1 saturated heterocycles. The number of carbonyl (C=O) groups is 1. The molecule has 0 aliphatic carbocycles. The van der Waals surface area contributed by atoms with E-state index < -0.39 is 0 Å². The fraction of sp³-hybridized carbons (Fsp3) is 0.529. The van der Waals surface area contributed by atoms with Crippen molar-refractivity contribution in [3.63, 3.8) is 0 Å². The summed E-state index contributed by atoms with van der Waals surface area (Å²) in [5.74, 6) is 0.933. The van der Waals surface area contributed by atoms with Crippen molar-refractivity contribution in [2.75, 3.05) is 13.1 Å². The van der Waals surface area contributed by atoms with Gasteiger partial charge in [-0.2, -0.15) is 0 Å². The summed E-state index contributed by atoms with van der Waals surface area (Å²) in [6.45, 7) is 5.54. The molecule has 1 aliphatic heterocycles. The van der Waals surface area contributed by atoms with Gasteiger partial charge in [0.05, 0.1) is 11.0 Å². The molecular formula is C17H22FN3O. The molecule has 3 rings (SSSR count). The van der Waals surface area contributed by atoms with Gasteiger partial charge in [-0.25, -0.2) is 9.37 Å². The molecular weight excluding hydrogens is 281 g/mol. The zero-order chi connectivity index (χ0) is 15.7. The first-order valence-electron chi connectivity index (χ1n) is 8.02. The molecule has 0 N–H and O–H groups in total. The Labute approximate surface area is 129 Å². The first-order chi connectivity index (χ1) is 10.6. The van der Waals surface area contributed by atoms with Gasteiger partial charge < -0.3 is 9.47 Å². The van der Waals surface area contributed by atoms with Crippen LogP contribution in [0.3, 0.4) is 0 Å². The SMILES string of the molecule is CCCC(=O)N1CCC(n2c(C)nc3ccc(F)cc32)CC1. The molecule has 22 heavy (non-hydrogen) atoms. The van der Waals surface area contributed by atoms with E-state index in [4.69, 9.17) is 0 Å². The highest BCUT2D eigenvalue weighted by Gasteiger charge is 2.25. The summed E-state index contributed by atoms with van der Waals surface area (Å²) >= 11 is 0. The highest BCUT2D eigenvalue weighted by molar-refractivity contribution is 5.77. The van der Waals surface area contributed by atoms with Crippen LogP contribution in [0, 0.1) is 12.7 Å². The van der Waals surface area contributed by atoms with Crippen molar-refractivity contribution in [3.8, 4) is 0 Å². The monoisotopic (exact) mass is 303 g/mol. The lowest BCUT2D eigenvalue weighted by Gasteiger charge is -2.33. The molecule has 2 heterocycles. The number of rotatable bonds is 3. The summed E-state index contributed by atoms with van der Waals surface area (Å²) in [7, 11) is 0. The lowest BCUT2D eigenvalue weighted by molar-refractivity contribution is -0.132. The van der Waals surface area contributed by atoms with E-state index in [0.29, 0.717) is 6.42 Å². The van der Waals surface area contributed by atoms with Crippen LogP contribution in [0.1, 0.15) is 44.5 Å². The minimum Gasteiger partial charge on any atom is -0.343 e. The number of imidazole rings is 1. The summed E-state index contributed by atoms with van der Waals surface area (Å²) in [4.78, 5) is 18.5. The Kier molecular flexibility index (Phi) is 4.14. The molecule has 1 aromatic carbocycles. The molecule has 0 spiro atoms. The van der Waals surface area contributed by atoms with Gasteiger partial charge in [-0.05, 0) is 44.4 Å². The van der Waals surface area contributed by atoms with Crippen molar-refractivity contribution in [3.05, 3.63) is 29.8 Å². The number of fused-ring (bicyclic) bond motifs is 1. The van der Waals surface area contributed by atoms with Crippen LogP contribution in [0.2, 0.25) is 0 Å². The van der Waals surface area contributed by atoms with Crippen molar-refractivity contribution in [1.29, 1.82) is 0 Å². The number of aryl methyl sites for hydroxylation is 1. The van der Waals surface area contributed by atoms with Crippen LogP contribution >= 0.6 is 0 Å². The van der Waals surface area contributed by atoms with Crippen LogP contribution in [0.5, 0.6) is 0 Å². The molecule has 0 saturated carbocycles. The number of hydrogen-bond acceptors (Lipinski definition) is 2. The van der Waals surface area contributed by atoms with Gasteiger partial charge in [0.25, 0.3) is 0 Å². The fourth-order valence-electron chi connectivity index (χ4n) is 3.39. The number of aromatic nitrogens is 2. The zero-order valence-electron chi connectivity index (χ0n) is 13.2. The number of hydrogen-bond donors (Lipinski definition) is 0. The first-order valence-corrected chi connectivity index (χ1v) is 8.02. The van der Waals surface area contributed by atoms with Gasteiger partial charge >= 0.3 is 0 Å². The zero-order valence-corrected chi connectivity index (χ0v) is 13.2. The lowest BCUT2D eigenvalue weighted by atomic mass is 10.0. The van der Waals surface area contributed by atoms with Gasteiger partial charge in [0.2, 0.25) is 5.91 Å². The molecule has 1 aromatic heterocycles. The predicted octanol–water partition coefficient (Wildman–Crippen LogP) is 3.45. The molecule has 0 radical (unpaired) electrons. The quantitative estimate of drug-likeness (QED) is 0.871. The highest BCUT2D eigenvalue weighted by atomic mass is 19.1. The summed E-state index contributed by atoms with van der Waals surface area (Å²) in [6.07, 6.45) is 3.32. The van der Waals surface area contributed by atoms with E-state index in [9.17, 15) is 9.18 Å². The summed E-state index contributed by atoms with van der Waals surface area (Å²) in [5, 5.41) is 0. The number of carbonyl (C=O) groups excluding carboxylic acids is 1. The van der Waals surface area contributed by atoms with Gasteiger partial charge in [-0.3, -0.25) is 4.79 Å². The van der Waals surface area contributed by atoms with Crippen LogP contribution in [0.4, 0.5) is 4.39 Å². The smallest absolute Gasteiger partial charge is 0.222 e. The Bertz CT molecular complexity index is 687. The van der Waals surface area contributed by atoms with Crippen molar-refractivity contribution in [1.82, 2.24) is 14.5 Å². The van der Waals surface area contributed by atoms with Crippen LogP contribution in [0.15, 0.2) is 18.2 Å². The molecule has 0 atom stereocenters. The Hall–Kier alpha value is -1.91. The molecule has 0 unspecified atom stereocenters. The third-order valence-corrected chi connectivity index (χ3v) is 4.47. The highest BCUT2D eigenvalue weighted by Crippen LogP contribution is 2.29. The normalized spacial score (nSPS) is 16.4. The van der Waals surface area contributed by atoms with Crippen LogP contribution in [-0.4, -0.2) is 33.4 Å². The van der Waals surface area contributed by atoms with Crippen molar-refractivity contribution in [2.24, 2.45) is 0 Å². The van der Waals surface area contributed by atoms with Gasteiger partial charge in [0, 0.05) is 25.6 Å². The van der Waals surface area contributed by atoms with E-state index in [2.05, 4.69) is 9.55 Å². The Balaban J connectivity index is 1.80. The van der Waals surface area contributed by atoms with Crippen molar-refractivity contribution >= 4 is 16.9 Å². The van der Waals surface area contributed by atoms with Crippen LogP contribution < -0.4 is 0 Å². The van der Waals surface area contributed by atoms with E-state index in [1.807, 2.05) is 18.7 Å². The summed E-state index contributed by atoms with van der Waals surface area (Å²) in [5.41, 5.74) is 1.69. The average molecular weight is 303 g/mol. The number of piperidine rings is 1. The summed E-state index contributed by atoms with van der Waals surface area (Å²) in [6, 6.07) is 5.03. The Morgan fingerprint density at radius 1 is 1.36 bits per heavy atom. The molecule has 4 nitrogen and oxygen atoms in total. The fourth-order valence-corrected chi connectivity index (χ4v) is 3.39.